The minimum atomic E-state index is -0.194. The molecule has 1 aromatic rings. The van der Waals surface area contributed by atoms with Crippen LogP contribution in [0.2, 0.25) is 5.02 Å². The van der Waals surface area contributed by atoms with Crippen LogP contribution in [0.5, 0.6) is 5.75 Å². The zero-order chi connectivity index (χ0) is 11.1. The number of carbonyl (C=O) groups is 1. The van der Waals surface area contributed by atoms with Crippen molar-refractivity contribution in [2.75, 3.05) is 19.7 Å². The van der Waals surface area contributed by atoms with Crippen LogP contribution < -0.4 is 15.8 Å². The van der Waals surface area contributed by atoms with Crippen molar-refractivity contribution in [3.63, 3.8) is 0 Å². The molecule has 0 aromatic heterocycles. The summed E-state index contributed by atoms with van der Waals surface area (Å²) >= 11 is 5.75. The first-order valence-electron chi connectivity index (χ1n) is 4.57. The number of hydrogen-bond donors (Lipinski definition) is 2. The molecule has 16 heavy (non-hydrogen) atoms. The highest BCUT2D eigenvalue weighted by atomic mass is 35.5. The number of nitrogens with one attached hydrogen (secondary N) is 1. The van der Waals surface area contributed by atoms with E-state index in [-0.39, 0.29) is 24.9 Å². The van der Waals surface area contributed by atoms with Gasteiger partial charge in [-0.1, -0.05) is 17.7 Å². The molecule has 0 spiro atoms. The number of benzene rings is 1. The fourth-order valence-electron chi connectivity index (χ4n) is 0.968. The maximum absolute atomic E-state index is 11.1. The summed E-state index contributed by atoms with van der Waals surface area (Å²) in [5.41, 5.74) is 5.23. The van der Waals surface area contributed by atoms with Gasteiger partial charge in [-0.15, -0.1) is 12.4 Å². The van der Waals surface area contributed by atoms with Gasteiger partial charge in [0.1, 0.15) is 5.75 Å². The van der Waals surface area contributed by atoms with E-state index in [4.69, 9.17) is 22.1 Å². The Bertz CT molecular complexity index is 334. The Morgan fingerprint density at radius 2 is 2.25 bits per heavy atom. The first-order valence-corrected chi connectivity index (χ1v) is 4.95. The summed E-state index contributed by atoms with van der Waals surface area (Å²) in [5, 5.41) is 3.17. The number of nitrogens with two attached hydrogens (primary N) is 1. The highest BCUT2D eigenvalue weighted by molar-refractivity contribution is 6.30. The fraction of sp³-hybridized carbons (Fsp3) is 0.300. The summed E-state index contributed by atoms with van der Waals surface area (Å²) < 4.78 is 5.21. The summed E-state index contributed by atoms with van der Waals surface area (Å²) in [6.07, 6.45) is 0. The molecule has 1 amide bonds. The molecule has 0 aliphatic rings. The summed E-state index contributed by atoms with van der Waals surface area (Å²) in [7, 11) is 0. The zero-order valence-electron chi connectivity index (χ0n) is 8.61. The molecule has 0 atom stereocenters. The minimum absolute atomic E-state index is 0. The topological polar surface area (TPSA) is 64.3 Å². The van der Waals surface area contributed by atoms with Gasteiger partial charge in [0.15, 0.2) is 6.61 Å². The van der Waals surface area contributed by atoms with Gasteiger partial charge >= 0.3 is 0 Å². The molecule has 1 aromatic carbocycles. The molecular weight excluding hydrogens is 251 g/mol. The van der Waals surface area contributed by atoms with Gasteiger partial charge in [-0.3, -0.25) is 4.79 Å². The van der Waals surface area contributed by atoms with Gasteiger partial charge in [0.05, 0.1) is 0 Å². The molecule has 0 heterocycles. The molecular formula is C10H14Cl2N2O2. The number of carbonyl (C=O) groups excluding carboxylic acids is 1. The summed E-state index contributed by atoms with van der Waals surface area (Å²) in [4.78, 5) is 11.1. The summed E-state index contributed by atoms with van der Waals surface area (Å²) in [6, 6.07) is 6.89. The van der Waals surface area contributed by atoms with Crippen LogP contribution in [0.4, 0.5) is 0 Å². The van der Waals surface area contributed by atoms with Crippen molar-refractivity contribution in [3.8, 4) is 5.75 Å². The Morgan fingerprint density at radius 1 is 1.50 bits per heavy atom. The summed E-state index contributed by atoms with van der Waals surface area (Å²) in [6.45, 7) is 0.848. The van der Waals surface area contributed by atoms with Gasteiger partial charge in [0, 0.05) is 18.1 Å². The largest absolute Gasteiger partial charge is 0.484 e. The van der Waals surface area contributed by atoms with Crippen molar-refractivity contribution in [1.82, 2.24) is 5.32 Å². The molecule has 90 valence electrons. The minimum Gasteiger partial charge on any atom is -0.484 e. The molecule has 0 aliphatic carbocycles. The van der Waals surface area contributed by atoms with Crippen LogP contribution in [0.3, 0.4) is 0 Å². The first kappa shape index (κ1) is 15.0. The van der Waals surface area contributed by atoms with Crippen molar-refractivity contribution >= 4 is 29.9 Å². The quantitative estimate of drug-likeness (QED) is 0.841. The standard InChI is InChI=1S/C10H13ClN2O2.ClH/c11-8-2-1-3-9(6-8)15-7-10(14)13-5-4-12;/h1-3,6H,4-5,7,12H2,(H,13,14);1H. The number of halogens is 2. The Hall–Kier alpha value is -0.970. The average molecular weight is 265 g/mol. The van der Waals surface area contributed by atoms with E-state index in [0.717, 1.165) is 0 Å². The third-order valence-electron chi connectivity index (χ3n) is 1.63. The monoisotopic (exact) mass is 264 g/mol. The van der Waals surface area contributed by atoms with Gasteiger partial charge in [-0.05, 0) is 18.2 Å². The Balaban J connectivity index is 0.00000225. The second-order valence-electron chi connectivity index (χ2n) is 2.88. The van der Waals surface area contributed by atoms with Gasteiger partial charge in [0.2, 0.25) is 0 Å². The zero-order valence-corrected chi connectivity index (χ0v) is 10.2. The van der Waals surface area contributed by atoms with Crippen molar-refractivity contribution < 1.29 is 9.53 Å². The van der Waals surface area contributed by atoms with Crippen LogP contribution >= 0.6 is 24.0 Å². The van der Waals surface area contributed by atoms with Crippen LogP contribution in [-0.4, -0.2) is 25.6 Å². The van der Waals surface area contributed by atoms with Crippen LogP contribution in [0.1, 0.15) is 0 Å². The molecule has 0 fully saturated rings. The van der Waals surface area contributed by atoms with Crippen LogP contribution in [-0.2, 0) is 4.79 Å². The number of amides is 1. The van der Waals surface area contributed by atoms with Crippen molar-refractivity contribution in [1.29, 1.82) is 0 Å². The van der Waals surface area contributed by atoms with Crippen LogP contribution in [0.15, 0.2) is 24.3 Å². The fourth-order valence-corrected chi connectivity index (χ4v) is 1.15. The third-order valence-corrected chi connectivity index (χ3v) is 1.87. The van der Waals surface area contributed by atoms with E-state index in [9.17, 15) is 4.79 Å². The molecule has 0 radical (unpaired) electrons. The Labute approximate surface area is 106 Å². The van der Waals surface area contributed by atoms with Gasteiger partial charge in [-0.25, -0.2) is 0 Å². The molecule has 1 rings (SSSR count). The lowest BCUT2D eigenvalue weighted by atomic mass is 10.3. The Kier molecular flexibility index (Phi) is 7.72. The first-order chi connectivity index (χ1) is 7.22. The van der Waals surface area contributed by atoms with E-state index in [1.54, 1.807) is 24.3 Å². The van der Waals surface area contributed by atoms with E-state index in [2.05, 4.69) is 5.32 Å². The second kappa shape index (κ2) is 8.21. The normalized spacial score (nSPS) is 9.12. The molecule has 3 N–H and O–H groups in total. The molecule has 6 heteroatoms. The van der Waals surface area contributed by atoms with E-state index < -0.39 is 0 Å². The second-order valence-corrected chi connectivity index (χ2v) is 3.32. The maximum atomic E-state index is 11.1. The molecule has 0 saturated heterocycles. The van der Waals surface area contributed by atoms with E-state index >= 15 is 0 Å². The van der Waals surface area contributed by atoms with Crippen LogP contribution in [0.25, 0.3) is 0 Å². The van der Waals surface area contributed by atoms with Crippen molar-refractivity contribution in [2.45, 2.75) is 0 Å². The predicted octanol–water partition coefficient (Wildman–Crippen LogP) is 1.22. The van der Waals surface area contributed by atoms with Crippen molar-refractivity contribution in [2.24, 2.45) is 5.73 Å². The molecule has 4 nitrogen and oxygen atoms in total. The summed E-state index contributed by atoms with van der Waals surface area (Å²) in [5.74, 6) is 0.380. The van der Waals surface area contributed by atoms with E-state index in [0.29, 0.717) is 23.9 Å². The molecule has 0 saturated carbocycles. The van der Waals surface area contributed by atoms with Gasteiger partial charge in [0.25, 0.3) is 5.91 Å². The van der Waals surface area contributed by atoms with Crippen molar-refractivity contribution in [3.05, 3.63) is 29.3 Å². The third kappa shape index (κ3) is 5.80. The smallest absolute Gasteiger partial charge is 0.257 e. The number of rotatable bonds is 5. The number of hydrogen-bond acceptors (Lipinski definition) is 3. The highest BCUT2D eigenvalue weighted by Gasteiger charge is 2.01. The maximum Gasteiger partial charge on any atom is 0.257 e. The lowest BCUT2D eigenvalue weighted by molar-refractivity contribution is -0.123. The van der Waals surface area contributed by atoms with Gasteiger partial charge in [-0.2, -0.15) is 0 Å². The Morgan fingerprint density at radius 3 is 2.88 bits per heavy atom. The predicted molar refractivity (Wildman–Crippen MR) is 66.3 cm³/mol. The molecule has 0 bridgehead atoms. The number of ether oxygens (including phenoxy) is 1. The highest BCUT2D eigenvalue weighted by Crippen LogP contribution is 2.16. The average Bonchev–Trinajstić information content (AvgIpc) is 2.23. The SMILES string of the molecule is Cl.NCCNC(=O)COc1cccc(Cl)c1. The lowest BCUT2D eigenvalue weighted by Crippen LogP contribution is -2.32. The van der Waals surface area contributed by atoms with Gasteiger partial charge < -0.3 is 15.8 Å². The molecule has 0 aliphatic heterocycles. The van der Waals surface area contributed by atoms with E-state index in [1.165, 1.54) is 0 Å². The molecule has 0 unspecified atom stereocenters. The lowest BCUT2D eigenvalue weighted by Gasteiger charge is -2.06. The van der Waals surface area contributed by atoms with E-state index in [1.807, 2.05) is 0 Å². The van der Waals surface area contributed by atoms with Crippen LogP contribution in [0, 0.1) is 0 Å².